The average Bonchev–Trinajstić information content (AvgIpc) is 2.93. The molecule has 1 unspecified atom stereocenters. The van der Waals surface area contributed by atoms with Gasteiger partial charge < -0.3 is 5.11 Å². The van der Waals surface area contributed by atoms with Gasteiger partial charge in [-0.25, -0.2) is 10.9 Å². The van der Waals surface area contributed by atoms with E-state index in [1.165, 1.54) is 6.21 Å². The summed E-state index contributed by atoms with van der Waals surface area (Å²) in [4.78, 5) is 23.4. The van der Waals surface area contributed by atoms with Crippen LogP contribution in [0.3, 0.4) is 0 Å². The van der Waals surface area contributed by atoms with Gasteiger partial charge in [-0.1, -0.05) is 30.3 Å². The summed E-state index contributed by atoms with van der Waals surface area (Å²) in [7, 11) is 0. The molecule has 0 spiro atoms. The third-order valence-electron chi connectivity index (χ3n) is 4.15. The Balaban J connectivity index is 1.62. The van der Waals surface area contributed by atoms with Crippen molar-refractivity contribution in [2.75, 3.05) is 0 Å². The topological polar surface area (TPSA) is 103 Å². The lowest BCUT2D eigenvalue weighted by atomic mass is 9.99. The van der Waals surface area contributed by atoms with E-state index in [2.05, 4.69) is 21.1 Å². The molecule has 7 heteroatoms. The number of phenolic OH excluding ortho intramolecular Hbond substituents is 1. The number of fused-ring (bicyclic) bond motifs is 1. The van der Waals surface area contributed by atoms with Crippen LogP contribution in [0.5, 0.6) is 5.75 Å². The minimum absolute atomic E-state index is 0.0890. The molecule has 0 saturated heterocycles. The summed E-state index contributed by atoms with van der Waals surface area (Å²) in [6.07, 6.45) is 1.95. The predicted octanol–water partition coefficient (Wildman–Crippen LogP) is 1.90. The van der Waals surface area contributed by atoms with Gasteiger partial charge in [0.1, 0.15) is 5.75 Å². The van der Waals surface area contributed by atoms with Crippen LogP contribution in [0.25, 0.3) is 10.8 Å². The lowest BCUT2D eigenvalue weighted by Crippen LogP contribution is -2.25. The fraction of sp³-hybridized carbons (Fsp3) is 0.222. The molecule has 25 heavy (non-hydrogen) atoms. The van der Waals surface area contributed by atoms with E-state index in [0.29, 0.717) is 17.7 Å². The molecule has 1 aliphatic heterocycles. The second-order valence-electron chi connectivity index (χ2n) is 5.83. The van der Waals surface area contributed by atoms with Crippen LogP contribution >= 0.6 is 0 Å². The van der Waals surface area contributed by atoms with Gasteiger partial charge in [-0.05, 0) is 30.2 Å². The number of carbonyl (C=O) groups excluding carboxylic acids is 2. The molecule has 1 atom stereocenters. The number of hydrazone groups is 2. The van der Waals surface area contributed by atoms with Crippen LogP contribution in [0.2, 0.25) is 0 Å². The first-order valence-electron chi connectivity index (χ1n) is 7.93. The van der Waals surface area contributed by atoms with E-state index in [9.17, 15) is 14.7 Å². The molecule has 2 amide bonds. The number of hydrogen-bond donors (Lipinski definition) is 3. The van der Waals surface area contributed by atoms with Crippen LogP contribution in [-0.2, 0) is 9.59 Å². The molecule has 2 aromatic carbocycles. The van der Waals surface area contributed by atoms with Gasteiger partial charge in [0.05, 0.1) is 12.1 Å². The number of phenols is 1. The fourth-order valence-corrected chi connectivity index (χ4v) is 2.75. The zero-order valence-electron chi connectivity index (χ0n) is 13.7. The predicted molar refractivity (Wildman–Crippen MR) is 95.3 cm³/mol. The largest absolute Gasteiger partial charge is 0.507 e. The van der Waals surface area contributed by atoms with Crippen LogP contribution in [0, 0.1) is 5.92 Å². The first kappa shape index (κ1) is 16.6. The Kier molecular flexibility index (Phi) is 4.74. The van der Waals surface area contributed by atoms with Gasteiger partial charge in [0.2, 0.25) is 11.8 Å². The van der Waals surface area contributed by atoms with E-state index in [1.54, 1.807) is 13.0 Å². The van der Waals surface area contributed by atoms with Crippen molar-refractivity contribution in [1.29, 1.82) is 0 Å². The summed E-state index contributed by atoms with van der Waals surface area (Å²) < 4.78 is 0. The molecule has 7 nitrogen and oxygen atoms in total. The normalized spacial score (nSPS) is 16.9. The maximum absolute atomic E-state index is 11.9. The molecule has 0 bridgehead atoms. The molecule has 128 valence electrons. The van der Waals surface area contributed by atoms with Crippen molar-refractivity contribution >= 4 is 34.5 Å². The second-order valence-corrected chi connectivity index (χ2v) is 5.83. The second kappa shape index (κ2) is 7.12. The third kappa shape index (κ3) is 3.65. The monoisotopic (exact) mass is 338 g/mol. The highest BCUT2D eigenvalue weighted by Gasteiger charge is 2.26. The van der Waals surface area contributed by atoms with Gasteiger partial charge in [-0.2, -0.15) is 10.2 Å². The van der Waals surface area contributed by atoms with Crippen molar-refractivity contribution in [3.8, 4) is 5.75 Å². The van der Waals surface area contributed by atoms with Gasteiger partial charge in [0.15, 0.2) is 0 Å². The van der Waals surface area contributed by atoms with Crippen molar-refractivity contribution in [2.24, 2.45) is 16.1 Å². The summed E-state index contributed by atoms with van der Waals surface area (Å²) in [6.45, 7) is 1.75. The van der Waals surface area contributed by atoms with Crippen LogP contribution in [0.15, 0.2) is 46.6 Å². The molecule has 0 radical (unpaired) electrons. The number of rotatable bonds is 5. The highest BCUT2D eigenvalue weighted by molar-refractivity contribution is 6.07. The first-order valence-corrected chi connectivity index (χ1v) is 7.93. The minimum atomic E-state index is -0.364. The zero-order valence-corrected chi connectivity index (χ0v) is 13.7. The van der Waals surface area contributed by atoms with Gasteiger partial charge in [-0.15, -0.1) is 0 Å². The number of nitrogens with one attached hydrogen (secondary N) is 2. The summed E-state index contributed by atoms with van der Waals surface area (Å²) in [5.41, 5.74) is 6.04. The Morgan fingerprint density at radius 3 is 2.92 bits per heavy atom. The molecule has 0 fully saturated rings. The summed E-state index contributed by atoms with van der Waals surface area (Å²) in [5.74, 6) is -0.763. The van der Waals surface area contributed by atoms with Crippen molar-refractivity contribution in [3.63, 3.8) is 0 Å². The highest BCUT2D eigenvalue weighted by atomic mass is 16.3. The Morgan fingerprint density at radius 1 is 1.36 bits per heavy atom. The van der Waals surface area contributed by atoms with Crippen LogP contribution in [0.1, 0.15) is 25.3 Å². The molecule has 1 aliphatic rings. The SMILES string of the molecule is CC1=NNC(=O)C1CCC(=O)NN=Cc1c(O)ccc2ccccc12. The van der Waals surface area contributed by atoms with Crippen LogP contribution in [-0.4, -0.2) is 28.8 Å². The molecule has 1 heterocycles. The zero-order chi connectivity index (χ0) is 17.8. The standard InChI is InChI=1S/C18H18N4O3/c1-11-13(18(25)22-20-11)7-9-17(24)21-19-10-15-14-5-3-2-4-12(14)6-8-16(15)23/h2-6,8,10,13,23H,7,9H2,1H3,(H,21,24)(H,22,25). The Labute approximate surface area is 144 Å². The number of nitrogens with zero attached hydrogens (tertiary/aromatic N) is 2. The number of carbonyl (C=O) groups is 2. The lowest BCUT2D eigenvalue weighted by Gasteiger charge is -2.07. The summed E-state index contributed by atoms with van der Waals surface area (Å²) in [5, 5.41) is 19.6. The number of aromatic hydroxyl groups is 1. The van der Waals surface area contributed by atoms with Crippen LogP contribution in [0.4, 0.5) is 0 Å². The first-order chi connectivity index (χ1) is 12.1. The Bertz CT molecular complexity index is 889. The van der Waals surface area contributed by atoms with Crippen molar-refractivity contribution in [2.45, 2.75) is 19.8 Å². The van der Waals surface area contributed by atoms with Gasteiger partial charge >= 0.3 is 0 Å². The number of hydrogen-bond acceptors (Lipinski definition) is 5. The molecule has 0 saturated carbocycles. The van der Waals surface area contributed by atoms with E-state index < -0.39 is 0 Å². The molecular formula is C18H18N4O3. The van der Waals surface area contributed by atoms with Gasteiger partial charge in [0.25, 0.3) is 0 Å². The summed E-state index contributed by atoms with van der Waals surface area (Å²) in [6, 6.07) is 11.0. The van der Waals surface area contributed by atoms with Crippen molar-refractivity contribution in [1.82, 2.24) is 10.9 Å². The molecule has 3 rings (SSSR count). The minimum Gasteiger partial charge on any atom is -0.507 e. The van der Waals surface area contributed by atoms with E-state index >= 15 is 0 Å². The van der Waals surface area contributed by atoms with E-state index in [4.69, 9.17) is 0 Å². The van der Waals surface area contributed by atoms with Gasteiger partial charge in [-0.3, -0.25) is 9.59 Å². The molecule has 3 N–H and O–H groups in total. The molecule has 0 aliphatic carbocycles. The van der Waals surface area contributed by atoms with E-state index in [1.807, 2.05) is 30.3 Å². The Hall–Kier alpha value is -3.22. The number of benzene rings is 2. The maximum Gasteiger partial charge on any atom is 0.248 e. The number of amides is 2. The quantitative estimate of drug-likeness (QED) is 0.573. The van der Waals surface area contributed by atoms with Crippen LogP contribution < -0.4 is 10.9 Å². The molecular weight excluding hydrogens is 320 g/mol. The Morgan fingerprint density at radius 2 is 2.16 bits per heavy atom. The maximum atomic E-state index is 11.9. The fourth-order valence-electron chi connectivity index (χ4n) is 2.75. The summed E-state index contributed by atoms with van der Waals surface area (Å²) >= 11 is 0. The highest BCUT2D eigenvalue weighted by Crippen LogP contribution is 2.25. The third-order valence-corrected chi connectivity index (χ3v) is 4.15. The average molecular weight is 338 g/mol. The van der Waals surface area contributed by atoms with E-state index in [-0.39, 0.29) is 29.9 Å². The molecule has 2 aromatic rings. The molecule has 0 aromatic heterocycles. The van der Waals surface area contributed by atoms with E-state index in [0.717, 1.165) is 10.8 Å². The van der Waals surface area contributed by atoms with Gasteiger partial charge in [0, 0.05) is 17.7 Å². The smallest absolute Gasteiger partial charge is 0.248 e. The van der Waals surface area contributed by atoms with Crippen molar-refractivity contribution < 1.29 is 14.7 Å². The lowest BCUT2D eigenvalue weighted by molar-refractivity contribution is -0.123. The van der Waals surface area contributed by atoms with Crippen molar-refractivity contribution in [3.05, 3.63) is 42.0 Å².